The molecule has 3 unspecified atom stereocenters. The summed E-state index contributed by atoms with van der Waals surface area (Å²) in [5.41, 5.74) is -0.534. The summed E-state index contributed by atoms with van der Waals surface area (Å²) >= 11 is 5.72. The molecule has 126 valence electrons. The highest BCUT2D eigenvalue weighted by atomic mass is 35.5. The van der Waals surface area contributed by atoms with Crippen molar-refractivity contribution in [3.63, 3.8) is 0 Å². The molecule has 1 aromatic heterocycles. The maximum Gasteiger partial charge on any atom is 0.410 e. The van der Waals surface area contributed by atoms with E-state index in [-0.39, 0.29) is 29.3 Å². The minimum absolute atomic E-state index is 0.0129. The topological polar surface area (TPSA) is 67.3 Å². The number of ether oxygens (including phenoxy) is 1. The molecule has 1 saturated carbocycles. The van der Waals surface area contributed by atoms with E-state index in [0.717, 1.165) is 19.0 Å². The summed E-state index contributed by atoms with van der Waals surface area (Å²) in [6.45, 7) is 6.21. The van der Waals surface area contributed by atoms with Crippen LogP contribution >= 0.6 is 11.6 Å². The molecule has 2 aliphatic rings. The summed E-state index contributed by atoms with van der Waals surface area (Å²) in [4.78, 5) is 21.5. The quantitative estimate of drug-likeness (QED) is 0.836. The Hall–Kier alpha value is -1.63. The van der Waals surface area contributed by atoms with Crippen molar-refractivity contribution in [3.05, 3.63) is 17.3 Å². The number of hydrogen-bond donors (Lipinski definition) is 1. The Morgan fingerprint density at radius 1 is 1.48 bits per heavy atom. The average molecular weight is 343 g/mol. The van der Waals surface area contributed by atoms with Gasteiger partial charge in [0.2, 0.25) is 5.28 Å². The van der Waals surface area contributed by atoms with E-state index in [4.69, 9.17) is 16.3 Å². The SMILES string of the molecule is CC(C)(C)OC(=O)N1CC2CC(Nc3nc(Cl)ncc3F)C1C2. The van der Waals surface area contributed by atoms with Crippen LogP contribution in [0.4, 0.5) is 15.0 Å². The lowest BCUT2D eigenvalue weighted by Gasteiger charge is -2.35. The van der Waals surface area contributed by atoms with E-state index in [1.165, 1.54) is 0 Å². The first-order valence-electron chi connectivity index (χ1n) is 7.67. The predicted molar refractivity (Wildman–Crippen MR) is 83.9 cm³/mol. The molecule has 1 aliphatic carbocycles. The van der Waals surface area contributed by atoms with Crippen LogP contribution in [0.2, 0.25) is 5.28 Å². The van der Waals surface area contributed by atoms with Gasteiger partial charge in [0, 0.05) is 12.6 Å². The molecule has 6 nitrogen and oxygen atoms in total. The molecule has 3 atom stereocenters. The number of halogens is 2. The molecule has 1 amide bonds. The molecule has 3 rings (SSSR count). The van der Waals surface area contributed by atoms with E-state index in [1.807, 2.05) is 20.8 Å². The predicted octanol–water partition coefficient (Wildman–Crippen LogP) is 3.08. The summed E-state index contributed by atoms with van der Waals surface area (Å²) in [7, 11) is 0. The van der Waals surface area contributed by atoms with Gasteiger partial charge in [-0.15, -0.1) is 0 Å². The van der Waals surface area contributed by atoms with E-state index in [2.05, 4.69) is 15.3 Å². The fraction of sp³-hybridized carbons (Fsp3) is 0.667. The summed E-state index contributed by atoms with van der Waals surface area (Å²) in [5, 5.41) is 3.06. The monoisotopic (exact) mass is 342 g/mol. The molecule has 2 fully saturated rings. The second-order valence-electron chi connectivity index (χ2n) is 7.12. The third kappa shape index (κ3) is 3.49. The van der Waals surface area contributed by atoms with Crippen molar-refractivity contribution in [2.24, 2.45) is 5.92 Å². The Kier molecular flexibility index (Phi) is 4.08. The molecule has 1 saturated heterocycles. The van der Waals surface area contributed by atoms with Crippen LogP contribution in [0.5, 0.6) is 0 Å². The average Bonchev–Trinajstić information content (AvgIpc) is 3.01. The lowest BCUT2D eigenvalue weighted by atomic mass is 10.1. The number of fused-ring (bicyclic) bond motifs is 2. The largest absolute Gasteiger partial charge is 0.444 e. The van der Waals surface area contributed by atoms with Gasteiger partial charge in [0.15, 0.2) is 11.6 Å². The van der Waals surface area contributed by atoms with Crippen molar-refractivity contribution in [1.82, 2.24) is 14.9 Å². The van der Waals surface area contributed by atoms with Crippen molar-refractivity contribution >= 4 is 23.5 Å². The van der Waals surface area contributed by atoms with E-state index in [1.54, 1.807) is 4.90 Å². The number of likely N-dealkylation sites (tertiary alicyclic amines) is 1. The molecular weight excluding hydrogens is 323 g/mol. The number of rotatable bonds is 2. The highest BCUT2D eigenvalue weighted by Crippen LogP contribution is 2.40. The van der Waals surface area contributed by atoms with Crippen molar-refractivity contribution < 1.29 is 13.9 Å². The Labute approximate surface area is 139 Å². The van der Waals surface area contributed by atoms with Crippen molar-refractivity contribution in [1.29, 1.82) is 0 Å². The molecule has 2 heterocycles. The normalized spacial score (nSPS) is 26.5. The second kappa shape index (κ2) is 5.78. The minimum Gasteiger partial charge on any atom is -0.444 e. The number of carbonyl (C=O) groups is 1. The van der Waals surface area contributed by atoms with Crippen LogP contribution in [0.15, 0.2) is 6.20 Å². The van der Waals surface area contributed by atoms with Crippen LogP contribution < -0.4 is 5.32 Å². The molecule has 0 radical (unpaired) electrons. The van der Waals surface area contributed by atoms with Gasteiger partial charge in [-0.2, -0.15) is 4.98 Å². The molecule has 1 aromatic rings. The Morgan fingerprint density at radius 3 is 2.87 bits per heavy atom. The molecular formula is C15H20ClFN4O2. The third-order valence-electron chi connectivity index (χ3n) is 4.15. The number of aromatic nitrogens is 2. The zero-order valence-electron chi connectivity index (χ0n) is 13.3. The first-order valence-corrected chi connectivity index (χ1v) is 8.05. The smallest absolute Gasteiger partial charge is 0.410 e. The number of anilines is 1. The summed E-state index contributed by atoms with van der Waals surface area (Å²) in [6.07, 6.45) is 2.47. The van der Waals surface area contributed by atoms with Gasteiger partial charge in [0.05, 0.1) is 12.2 Å². The Morgan fingerprint density at radius 2 is 2.22 bits per heavy atom. The van der Waals surface area contributed by atoms with Gasteiger partial charge in [-0.05, 0) is 51.1 Å². The molecule has 0 aromatic carbocycles. The number of nitrogens with zero attached hydrogens (tertiary/aromatic N) is 3. The van der Waals surface area contributed by atoms with E-state index < -0.39 is 11.4 Å². The molecule has 1 N–H and O–H groups in total. The van der Waals surface area contributed by atoms with Gasteiger partial charge in [-0.1, -0.05) is 0 Å². The highest BCUT2D eigenvalue weighted by Gasteiger charge is 2.48. The van der Waals surface area contributed by atoms with Crippen LogP contribution in [0.25, 0.3) is 0 Å². The van der Waals surface area contributed by atoms with Gasteiger partial charge in [0.25, 0.3) is 0 Å². The lowest BCUT2D eigenvalue weighted by molar-refractivity contribution is 0.0179. The first-order chi connectivity index (χ1) is 10.7. The summed E-state index contributed by atoms with van der Waals surface area (Å²) < 4.78 is 19.2. The van der Waals surface area contributed by atoms with Crippen LogP contribution in [-0.2, 0) is 4.74 Å². The zero-order chi connectivity index (χ0) is 16.8. The molecule has 23 heavy (non-hydrogen) atoms. The van der Waals surface area contributed by atoms with E-state index in [0.29, 0.717) is 12.5 Å². The van der Waals surface area contributed by atoms with E-state index in [9.17, 15) is 9.18 Å². The van der Waals surface area contributed by atoms with Gasteiger partial charge in [0.1, 0.15) is 5.60 Å². The number of amides is 1. The number of piperidine rings is 1. The van der Waals surface area contributed by atoms with Crippen molar-refractivity contribution in [2.45, 2.75) is 51.3 Å². The first kappa shape index (κ1) is 16.2. The Balaban J connectivity index is 1.71. The highest BCUT2D eigenvalue weighted by molar-refractivity contribution is 6.28. The second-order valence-corrected chi connectivity index (χ2v) is 7.46. The van der Waals surface area contributed by atoms with Gasteiger partial charge in [-0.25, -0.2) is 14.2 Å². The standard InChI is InChI=1S/C15H20ClFN4O2/c1-15(2,3)23-14(22)21-7-8-4-10(11(21)5-8)19-12-9(17)6-18-13(16)20-12/h6,8,10-11H,4-5,7H2,1-3H3,(H,18,19,20). The van der Waals surface area contributed by atoms with Crippen molar-refractivity contribution in [3.8, 4) is 0 Å². The van der Waals surface area contributed by atoms with Gasteiger partial charge in [-0.3, -0.25) is 0 Å². The Bertz CT molecular complexity index is 622. The molecule has 1 aliphatic heterocycles. The summed E-state index contributed by atoms with van der Waals surface area (Å²) in [5.74, 6) is -0.0851. The maximum absolute atomic E-state index is 13.8. The fourth-order valence-electron chi connectivity index (χ4n) is 3.33. The zero-order valence-corrected chi connectivity index (χ0v) is 14.1. The van der Waals surface area contributed by atoms with Gasteiger partial charge < -0.3 is 15.0 Å². The van der Waals surface area contributed by atoms with Crippen LogP contribution in [0.3, 0.4) is 0 Å². The number of carbonyl (C=O) groups excluding carboxylic acids is 1. The van der Waals surface area contributed by atoms with Gasteiger partial charge >= 0.3 is 6.09 Å². The third-order valence-corrected chi connectivity index (χ3v) is 4.33. The molecule has 8 heteroatoms. The summed E-state index contributed by atoms with van der Waals surface area (Å²) in [6, 6.07) is -0.0928. The molecule has 2 bridgehead atoms. The van der Waals surface area contributed by atoms with E-state index >= 15 is 0 Å². The molecule has 0 spiro atoms. The van der Waals surface area contributed by atoms with Crippen LogP contribution in [-0.4, -0.2) is 45.2 Å². The maximum atomic E-state index is 13.8. The van der Waals surface area contributed by atoms with Crippen molar-refractivity contribution in [2.75, 3.05) is 11.9 Å². The number of nitrogens with one attached hydrogen (secondary N) is 1. The van der Waals surface area contributed by atoms with Crippen LogP contribution in [0.1, 0.15) is 33.6 Å². The van der Waals surface area contributed by atoms with Crippen LogP contribution in [0, 0.1) is 11.7 Å². The fourth-order valence-corrected chi connectivity index (χ4v) is 3.47. The minimum atomic E-state index is -0.555. The lowest BCUT2D eigenvalue weighted by Crippen LogP contribution is -2.49. The number of hydrogen-bond acceptors (Lipinski definition) is 5.